The molecule has 78 valence electrons. The van der Waals surface area contributed by atoms with E-state index in [0.29, 0.717) is 0 Å². The number of hydrogen-bond acceptors (Lipinski definition) is 2. The summed E-state index contributed by atoms with van der Waals surface area (Å²) in [4.78, 5) is 4.10. The third kappa shape index (κ3) is 4.85. The van der Waals surface area contributed by atoms with Crippen LogP contribution >= 0.6 is 0 Å². The molecule has 1 aromatic rings. The minimum Gasteiger partial charge on any atom is -1.00 e. The molecule has 2 nitrogen and oxygen atoms in total. The van der Waals surface area contributed by atoms with Gasteiger partial charge in [0.1, 0.15) is 0 Å². The van der Waals surface area contributed by atoms with Crippen LogP contribution in [-0.2, 0) is 19.5 Å². The summed E-state index contributed by atoms with van der Waals surface area (Å²) in [6.07, 6.45) is 9.19. The van der Waals surface area contributed by atoms with Crippen molar-refractivity contribution in [3.63, 3.8) is 0 Å². The van der Waals surface area contributed by atoms with Crippen molar-refractivity contribution in [2.45, 2.75) is 6.42 Å². The average molecular weight is 278 g/mol. The fourth-order valence-corrected chi connectivity index (χ4v) is 2.18. The number of pyridine rings is 1. The van der Waals surface area contributed by atoms with Gasteiger partial charge >= 0.3 is 86.6 Å². The van der Waals surface area contributed by atoms with Crippen molar-refractivity contribution in [3.05, 3.63) is 46.5 Å². The Morgan fingerprint density at radius 1 is 1.27 bits per heavy atom. The zero-order valence-corrected chi connectivity index (χ0v) is 10.9. The molecule has 0 atom stereocenters. The van der Waals surface area contributed by atoms with E-state index in [1.54, 1.807) is 6.20 Å². The molecule has 0 radical (unpaired) electrons. The molecule has 0 N–H and O–H groups in total. The smallest absolute Gasteiger partial charge is 1.00 e. The number of hydrogen-bond donors (Lipinski definition) is 0. The number of aromatic nitrogens is 1. The molecule has 0 spiro atoms. The van der Waals surface area contributed by atoms with Crippen LogP contribution in [0.25, 0.3) is 0 Å². The third-order valence-corrected chi connectivity index (χ3v) is 3.17. The number of rotatable bonds is 3. The van der Waals surface area contributed by atoms with Crippen molar-refractivity contribution in [2.24, 2.45) is 0 Å². The first-order chi connectivity index (χ1) is 6.45. The van der Waals surface area contributed by atoms with Crippen LogP contribution in [0.2, 0.25) is 0 Å². The second-order valence-electron chi connectivity index (χ2n) is 2.70. The van der Waals surface area contributed by atoms with Gasteiger partial charge in [0.2, 0.25) is 0 Å². The fourth-order valence-electron chi connectivity index (χ4n) is 1.05. The normalized spacial score (nSPS) is 11.9. The molecule has 0 saturated carbocycles. The predicted octanol–water partition coefficient (Wildman–Crippen LogP) is -3.69. The van der Waals surface area contributed by atoms with E-state index < -0.39 is 19.5 Å². The van der Waals surface area contributed by atoms with E-state index in [-0.39, 0.29) is 24.8 Å². The summed E-state index contributed by atoms with van der Waals surface area (Å²) in [5.41, 5.74) is 0. The van der Waals surface area contributed by atoms with E-state index in [0.717, 1.165) is 12.3 Å². The second-order valence-corrected chi connectivity index (χ2v) is 4.34. The van der Waals surface area contributed by atoms with Crippen molar-refractivity contribution >= 4 is 0 Å². The molecule has 0 aromatic carbocycles. The van der Waals surface area contributed by atoms with Crippen molar-refractivity contribution in [1.82, 2.24) is 4.98 Å². The van der Waals surface area contributed by atoms with Gasteiger partial charge in [0, 0.05) is 0 Å². The number of allylic oxidation sites excluding steroid dienone is 4. The van der Waals surface area contributed by atoms with Gasteiger partial charge in [-0.2, -0.15) is 0 Å². The Kier molecular flexibility index (Phi) is 7.80. The van der Waals surface area contributed by atoms with Crippen LogP contribution in [0.5, 0.6) is 5.88 Å². The molecule has 1 aliphatic carbocycles. The largest absolute Gasteiger partial charge is 1.00 e. The Balaban J connectivity index is 0.000000980. The van der Waals surface area contributed by atoms with Gasteiger partial charge in [-0.05, 0) is 0 Å². The summed E-state index contributed by atoms with van der Waals surface area (Å²) in [6.45, 7) is 0. The van der Waals surface area contributed by atoms with Gasteiger partial charge in [-0.1, -0.05) is 0 Å². The monoisotopic (exact) mass is 277 g/mol. The maximum Gasteiger partial charge on any atom is -1.00 e. The Hall–Kier alpha value is -0.276. The standard InChI is InChI=1S/C5H5NO.C5H5.2ClH.Ti/c7-5-3-1-2-4-6-5;1-2-4-5-3-1;;;/h1-4H,(H,6,7);1-3H,4H2;2*1H;/q;;;;+3/p-3. The summed E-state index contributed by atoms with van der Waals surface area (Å²) in [5, 5.41) is 0. The first-order valence-corrected chi connectivity index (χ1v) is 5.56. The van der Waals surface area contributed by atoms with Gasteiger partial charge in [0.25, 0.3) is 0 Å². The topological polar surface area (TPSA) is 22.1 Å². The molecule has 0 amide bonds. The fraction of sp³-hybridized carbons (Fsp3) is 0.100. The number of nitrogens with zero attached hydrogens (tertiary/aromatic N) is 1. The van der Waals surface area contributed by atoms with Crippen LogP contribution in [0.3, 0.4) is 0 Å². The van der Waals surface area contributed by atoms with Gasteiger partial charge in [0.15, 0.2) is 0 Å². The van der Waals surface area contributed by atoms with E-state index in [4.69, 9.17) is 3.32 Å². The van der Waals surface area contributed by atoms with Gasteiger partial charge in [-0.3, -0.25) is 0 Å². The molecule has 15 heavy (non-hydrogen) atoms. The van der Waals surface area contributed by atoms with Crippen molar-refractivity contribution in [3.8, 4) is 5.88 Å². The van der Waals surface area contributed by atoms with E-state index in [1.807, 2.05) is 18.2 Å². The van der Waals surface area contributed by atoms with E-state index in [2.05, 4.69) is 23.2 Å². The quantitative estimate of drug-likeness (QED) is 0.531. The average Bonchev–Trinajstić information content (AvgIpc) is 2.69. The molecule has 0 unspecified atom stereocenters. The number of halogens is 2. The second kappa shape index (κ2) is 7.94. The third-order valence-electron chi connectivity index (χ3n) is 1.70. The van der Waals surface area contributed by atoms with Gasteiger partial charge in [0.05, 0.1) is 0 Å². The first kappa shape index (κ1) is 14.7. The zero-order chi connectivity index (χ0) is 8.93. The minimum atomic E-state index is -0.453. The van der Waals surface area contributed by atoms with E-state index >= 15 is 0 Å². The summed E-state index contributed by atoms with van der Waals surface area (Å²) >= 11 is -0.453. The van der Waals surface area contributed by atoms with Crippen LogP contribution in [0.15, 0.2) is 46.5 Å². The van der Waals surface area contributed by atoms with E-state index in [1.165, 1.54) is 3.88 Å². The summed E-state index contributed by atoms with van der Waals surface area (Å²) in [7, 11) is 0. The molecule has 0 fully saturated rings. The molecular weight excluding hydrogens is 269 g/mol. The maximum absolute atomic E-state index is 5.60. The van der Waals surface area contributed by atoms with Crippen molar-refractivity contribution < 1.29 is 47.7 Å². The molecule has 5 heteroatoms. The molecule has 2 rings (SSSR count). The first-order valence-electron chi connectivity index (χ1n) is 4.15. The molecule has 1 heterocycles. The Morgan fingerprint density at radius 2 is 2.13 bits per heavy atom. The predicted molar refractivity (Wildman–Crippen MR) is 46.7 cm³/mol. The van der Waals surface area contributed by atoms with Crippen molar-refractivity contribution in [2.75, 3.05) is 0 Å². The Morgan fingerprint density at radius 3 is 2.73 bits per heavy atom. The van der Waals surface area contributed by atoms with Crippen LogP contribution < -0.4 is 28.1 Å². The van der Waals surface area contributed by atoms with E-state index in [9.17, 15) is 0 Å². The minimum absolute atomic E-state index is 0. The van der Waals surface area contributed by atoms with Gasteiger partial charge in [-0.25, -0.2) is 0 Å². The SMILES string of the molecule is C1=CC[C]([Ti+2][O]c2ccccn2)=C1.[Cl-].[Cl-]. The van der Waals surface area contributed by atoms with Crippen LogP contribution in [0.4, 0.5) is 0 Å². The maximum atomic E-state index is 5.60. The van der Waals surface area contributed by atoms with Crippen LogP contribution in [-0.4, -0.2) is 4.98 Å². The molecule has 0 aliphatic heterocycles. The van der Waals surface area contributed by atoms with Crippen LogP contribution in [0.1, 0.15) is 6.42 Å². The summed E-state index contributed by atoms with van der Waals surface area (Å²) < 4.78 is 7.02. The van der Waals surface area contributed by atoms with Gasteiger partial charge < -0.3 is 24.8 Å². The molecule has 1 aliphatic rings. The summed E-state index contributed by atoms with van der Waals surface area (Å²) in [6, 6.07) is 5.73. The van der Waals surface area contributed by atoms with Crippen molar-refractivity contribution in [1.29, 1.82) is 0 Å². The molecule has 0 saturated heterocycles. The molecule has 0 bridgehead atoms. The van der Waals surface area contributed by atoms with Gasteiger partial charge in [-0.15, -0.1) is 0 Å². The Labute approximate surface area is 111 Å². The zero-order valence-electron chi connectivity index (χ0n) is 7.86. The molecule has 1 aromatic heterocycles. The van der Waals surface area contributed by atoms with Crippen LogP contribution in [0, 0.1) is 0 Å². The molecular formula is C10H9Cl2NOTi. The summed E-state index contributed by atoms with van der Waals surface area (Å²) in [5.74, 6) is 0.746. The Bertz CT molecular complexity index is 341.